The van der Waals surface area contributed by atoms with E-state index in [0.717, 1.165) is 24.9 Å². The lowest BCUT2D eigenvalue weighted by molar-refractivity contribution is 0.348. The van der Waals surface area contributed by atoms with Crippen molar-refractivity contribution in [2.24, 2.45) is 0 Å². The molecule has 78 valence electrons. The molecular formula is C11H12FN3. The van der Waals surface area contributed by atoms with E-state index in [9.17, 15) is 4.48 Å². The van der Waals surface area contributed by atoms with Crippen LogP contribution in [-0.2, 0) is 0 Å². The van der Waals surface area contributed by atoms with Gasteiger partial charge in [0.05, 0.1) is 11.6 Å². The van der Waals surface area contributed by atoms with Crippen LogP contribution in [0.3, 0.4) is 0 Å². The SMILES string of the molecule is Fn1c(C2CCCN2)nc2ccccc21. The number of rotatable bonds is 1. The van der Waals surface area contributed by atoms with Crippen molar-refractivity contribution in [3.8, 4) is 0 Å². The van der Waals surface area contributed by atoms with Gasteiger partial charge in [-0.25, -0.2) is 4.98 Å². The third-order valence-corrected chi connectivity index (χ3v) is 2.90. The molecule has 1 saturated heterocycles. The van der Waals surface area contributed by atoms with Crippen LogP contribution in [-0.4, -0.2) is 16.3 Å². The van der Waals surface area contributed by atoms with Gasteiger partial charge in [-0.1, -0.05) is 16.6 Å². The van der Waals surface area contributed by atoms with Crippen molar-refractivity contribution in [2.45, 2.75) is 18.9 Å². The first-order valence-electron chi connectivity index (χ1n) is 5.23. The Morgan fingerprint density at radius 3 is 3.00 bits per heavy atom. The maximum absolute atomic E-state index is 13.9. The number of para-hydroxylation sites is 2. The van der Waals surface area contributed by atoms with E-state index in [4.69, 9.17) is 0 Å². The zero-order valence-corrected chi connectivity index (χ0v) is 8.28. The number of nitrogens with zero attached hydrogens (tertiary/aromatic N) is 2. The minimum atomic E-state index is 0.0717. The first-order valence-corrected chi connectivity index (χ1v) is 5.23. The van der Waals surface area contributed by atoms with Crippen LogP contribution in [0, 0.1) is 0 Å². The summed E-state index contributed by atoms with van der Waals surface area (Å²) in [5, 5.41) is 3.25. The Hall–Kier alpha value is -1.42. The van der Waals surface area contributed by atoms with Crippen molar-refractivity contribution < 1.29 is 4.48 Å². The summed E-state index contributed by atoms with van der Waals surface area (Å²) >= 11 is 0. The smallest absolute Gasteiger partial charge is 0.157 e. The summed E-state index contributed by atoms with van der Waals surface area (Å²) in [6, 6.07) is 7.36. The van der Waals surface area contributed by atoms with Crippen molar-refractivity contribution >= 4 is 11.0 Å². The van der Waals surface area contributed by atoms with Gasteiger partial charge in [0.25, 0.3) is 0 Å². The van der Waals surface area contributed by atoms with Crippen molar-refractivity contribution in [3.63, 3.8) is 0 Å². The van der Waals surface area contributed by atoms with Crippen molar-refractivity contribution in [1.29, 1.82) is 0 Å². The number of hydrogen-bond acceptors (Lipinski definition) is 2. The Morgan fingerprint density at radius 1 is 1.40 bits per heavy atom. The molecule has 1 aromatic carbocycles. The van der Waals surface area contributed by atoms with Crippen LogP contribution in [0.2, 0.25) is 0 Å². The van der Waals surface area contributed by atoms with E-state index in [2.05, 4.69) is 10.3 Å². The van der Waals surface area contributed by atoms with Gasteiger partial charge in [-0.15, -0.1) is 0 Å². The molecule has 3 nitrogen and oxygen atoms in total. The van der Waals surface area contributed by atoms with Crippen LogP contribution in [0.5, 0.6) is 0 Å². The lowest BCUT2D eigenvalue weighted by atomic mass is 10.2. The molecule has 0 radical (unpaired) electrons. The van der Waals surface area contributed by atoms with E-state index in [1.54, 1.807) is 6.07 Å². The number of benzene rings is 1. The molecule has 1 atom stereocenters. The Kier molecular flexibility index (Phi) is 1.95. The van der Waals surface area contributed by atoms with E-state index in [1.807, 2.05) is 18.2 Å². The molecule has 1 fully saturated rings. The van der Waals surface area contributed by atoms with Gasteiger partial charge in [-0.3, -0.25) is 0 Å². The Morgan fingerprint density at radius 2 is 2.27 bits per heavy atom. The van der Waals surface area contributed by atoms with Crippen LogP contribution in [0.4, 0.5) is 4.48 Å². The van der Waals surface area contributed by atoms with Crippen LogP contribution in [0.25, 0.3) is 11.0 Å². The van der Waals surface area contributed by atoms with E-state index in [0.29, 0.717) is 16.1 Å². The lowest BCUT2D eigenvalue weighted by Gasteiger charge is -2.06. The second kappa shape index (κ2) is 3.31. The van der Waals surface area contributed by atoms with Crippen LogP contribution in [0.1, 0.15) is 24.7 Å². The Labute approximate surface area is 86.9 Å². The highest BCUT2D eigenvalue weighted by Crippen LogP contribution is 2.26. The predicted molar refractivity (Wildman–Crippen MR) is 56.2 cm³/mol. The zero-order chi connectivity index (χ0) is 10.3. The highest BCUT2D eigenvalue weighted by Gasteiger charge is 2.23. The predicted octanol–water partition coefficient (Wildman–Crippen LogP) is 2.19. The van der Waals surface area contributed by atoms with Gasteiger partial charge in [0.15, 0.2) is 5.82 Å². The molecule has 1 aliphatic heterocycles. The third-order valence-electron chi connectivity index (χ3n) is 2.90. The number of aromatic nitrogens is 2. The quantitative estimate of drug-likeness (QED) is 0.773. The average Bonchev–Trinajstić information content (AvgIpc) is 2.87. The molecule has 0 spiro atoms. The maximum atomic E-state index is 13.9. The molecule has 2 aromatic rings. The monoisotopic (exact) mass is 205 g/mol. The number of nitrogens with one attached hydrogen (secondary N) is 1. The molecule has 0 aliphatic carbocycles. The molecule has 1 aliphatic rings. The van der Waals surface area contributed by atoms with Crippen LogP contribution in [0.15, 0.2) is 24.3 Å². The van der Waals surface area contributed by atoms with Crippen molar-refractivity contribution in [3.05, 3.63) is 30.1 Å². The molecule has 0 bridgehead atoms. The van der Waals surface area contributed by atoms with Crippen molar-refractivity contribution in [2.75, 3.05) is 6.54 Å². The van der Waals surface area contributed by atoms with E-state index >= 15 is 0 Å². The average molecular weight is 205 g/mol. The Balaban J connectivity index is 2.14. The molecule has 0 saturated carbocycles. The second-order valence-electron chi connectivity index (χ2n) is 3.89. The Bertz CT molecular complexity index is 486. The second-order valence-corrected chi connectivity index (χ2v) is 3.89. The van der Waals surface area contributed by atoms with Gasteiger partial charge >= 0.3 is 0 Å². The number of halogens is 1. The highest BCUT2D eigenvalue weighted by atomic mass is 19.2. The van der Waals surface area contributed by atoms with Gasteiger partial charge in [0.1, 0.15) is 5.52 Å². The normalized spacial score (nSPS) is 21.3. The molecule has 1 aromatic heterocycles. The lowest BCUT2D eigenvalue weighted by Crippen LogP contribution is -2.15. The standard InChI is InChI=1S/C11H12FN3/c12-15-10-6-2-1-4-8(10)14-11(15)9-5-3-7-13-9/h1-2,4,6,9,13H,3,5,7H2. The summed E-state index contributed by atoms with van der Waals surface area (Å²) in [4.78, 5) is 5.03. The van der Waals surface area contributed by atoms with E-state index in [-0.39, 0.29) is 6.04 Å². The first kappa shape index (κ1) is 8.85. The molecule has 3 rings (SSSR count). The minimum Gasteiger partial charge on any atom is -0.307 e. The summed E-state index contributed by atoms with van der Waals surface area (Å²) in [5.41, 5.74) is 1.28. The van der Waals surface area contributed by atoms with E-state index in [1.165, 1.54) is 0 Å². The van der Waals surface area contributed by atoms with Crippen molar-refractivity contribution in [1.82, 2.24) is 15.1 Å². The molecule has 15 heavy (non-hydrogen) atoms. The van der Waals surface area contributed by atoms with Gasteiger partial charge in [0.2, 0.25) is 0 Å². The largest absolute Gasteiger partial charge is 0.307 e. The number of fused-ring (bicyclic) bond motifs is 1. The molecule has 4 heteroatoms. The fourth-order valence-electron chi connectivity index (χ4n) is 2.14. The third kappa shape index (κ3) is 1.33. The number of hydrogen-bond donors (Lipinski definition) is 1. The maximum Gasteiger partial charge on any atom is 0.157 e. The molecule has 1 N–H and O–H groups in total. The summed E-state index contributed by atoms with van der Waals surface area (Å²) in [6.45, 7) is 0.952. The summed E-state index contributed by atoms with van der Waals surface area (Å²) in [6.07, 6.45) is 2.06. The van der Waals surface area contributed by atoms with Crippen LogP contribution < -0.4 is 5.32 Å². The van der Waals surface area contributed by atoms with Gasteiger partial charge in [-0.2, -0.15) is 4.79 Å². The van der Waals surface area contributed by atoms with E-state index < -0.39 is 0 Å². The van der Waals surface area contributed by atoms with Crippen LogP contribution >= 0.6 is 0 Å². The number of imidazole rings is 1. The summed E-state index contributed by atoms with van der Waals surface area (Å²) in [5.74, 6) is 0.508. The topological polar surface area (TPSA) is 29.9 Å². The molecule has 2 heterocycles. The minimum absolute atomic E-state index is 0.0717. The van der Waals surface area contributed by atoms with Gasteiger partial charge in [-0.05, 0) is 31.5 Å². The molecule has 1 unspecified atom stereocenters. The fraction of sp³-hybridized carbons (Fsp3) is 0.364. The first-order chi connectivity index (χ1) is 7.36. The summed E-state index contributed by atoms with van der Waals surface area (Å²) < 4.78 is 13.9. The zero-order valence-electron chi connectivity index (χ0n) is 8.28. The molecular weight excluding hydrogens is 193 g/mol. The summed E-state index contributed by atoms with van der Waals surface area (Å²) in [7, 11) is 0. The fourth-order valence-corrected chi connectivity index (χ4v) is 2.14. The molecule has 0 amide bonds. The van der Waals surface area contributed by atoms with Gasteiger partial charge < -0.3 is 5.32 Å². The van der Waals surface area contributed by atoms with Gasteiger partial charge in [0, 0.05) is 0 Å². The highest BCUT2D eigenvalue weighted by molar-refractivity contribution is 5.75.